The lowest BCUT2D eigenvalue weighted by atomic mass is 10.2. The summed E-state index contributed by atoms with van der Waals surface area (Å²) in [6.07, 6.45) is 0. The molecule has 0 bridgehead atoms. The number of carbonyl (C=O) groups excluding carboxylic acids is 2. The van der Waals surface area contributed by atoms with E-state index in [0.717, 1.165) is 10.0 Å². The van der Waals surface area contributed by atoms with Gasteiger partial charge in [0.15, 0.2) is 0 Å². The summed E-state index contributed by atoms with van der Waals surface area (Å²) in [6.45, 7) is 0.386. The van der Waals surface area contributed by atoms with E-state index < -0.39 is 11.8 Å². The van der Waals surface area contributed by atoms with Gasteiger partial charge in [-0.3, -0.25) is 20.2 Å². The van der Waals surface area contributed by atoms with Crippen molar-refractivity contribution in [2.45, 2.75) is 6.54 Å². The number of guanidine groups is 1. The maximum atomic E-state index is 10.8. The highest BCUT2D eigenvalue weighted by atomic mass is 79.9. The van der Waals surface area contributed by atoms with Crippen LogP contribution in [0.2, 0.25) is 0 Å². The Labute approximate surface area is 100 Å². The molecule has 6 heteroatoms. The first-order valence-electron chi connectivity index (χ1n) is 4.57. The second-order valence-corrected chi connectivity index (χ2v) is 4.02. The molecular formula is C10H8BrN3O2. The number of aliphatic imine (C=N–C) groups is 1. The van der Waals surface area contributed by atoms with E-state index in [4.69, 9.17) is 0 Å². The van der Waals surface area contributed by atoms with Crippen LogP contribution in [0.1, 0.15) is 5.56 Å². The highest BCUT2D eigenvalue weighted by Gasteiger charge is 2.24. The Morgan fingerprint density at radius 1 is 1.12 bits per heavy atom. The van der Waals surface area contributed by atoms with Crippen LogP contribution in [0.15, 0.2) is 33.7 Å². The van der Waals surface area contributed by atoms with Gasteiger partial charge in [0.25, 0.3) is 0 Å². The lowest BCUT2D eigenvalue weighted by Crippen LogP contribution is -2.25. The summed E-state index contributed by atoms with van der Waals surface area (Å²) in [7, 11) is 0. The van der Waals surface area contributed by atoms with Gasteiger partial charge in [-0.15, -0.1) is 0 Å². The van der Waals surface area contributed by atoms with Gasteiger partial charge in [0, 0.05) is 4.47 Å². The largest absolute Gasteiger partial charge is 0.316 e. The molecular weight excluding hydrogens is 274 g/mol. The fourth-order valence-electron chi connectivity index (χ4n) is 1.23. The van der Waals surface area contributed by atoms with E-state index in [1.54, 1.807) is 0 Å². The normalized spacial score (nSPS) is 14.7. The third-order valence-corrected chi connectivity index (χ3v) is 2.81. The van der Waals surface area contributed by atoms with Crippen LogP contribution < -0.4 is 10.6 Å². The average molecular weight is 282 g/mol. The summed E-state index contributed by atoms with van der Waals surface area (Å²) in [5, 5.41) is 4.66. The van der Waals surface area contributed by atoms with E-state index in [9.17, 15) is 9.59 Å². The fraction of sp³-hybridized carbons (Fsp3) is 0.100. The van der Waals surface area contributed by atoms with E-state index in [2.05, 4.69) is 31.6 Å². The van der Waals surface area contributed by atoms with E-state index in [-0.39, 0.29) is 5.96 Å². The van der Waals surface area contributed by atoms with E-state index in [0.29, 0.717) is 6.54 Å². The molecule has 0 saturated carbocycles. The Kier molecular flexibility index (Phi) is 3.00. The Morgan fingerprint density at radius 2 is 1.75 bits per heavy atom. The molecule has 1 aromatic carbocycles. The second-order valence-electron chi connectivity index (χ2n) is 3.16. The van der Waals surface area contributed by atoms with Gasteiger partial charge in [-0.1, -0.05) is 34.1 Å². The molecule has 1 saturated heterocycles. The van der Waals surface area contributed by atoms with Crippen molar-refractivity contribution in [2.24, 2.45) is 4.99 Å². The minimum Gasteiger partial charge on any atom is -0.288 e. The molecule has 1 fully saturated rings. The molecule has 2 rings (SSSR count). The van der Waals surface area contributed by atoms with E-state index >= 15 is 0 Å². The van der Waals surface area contributed by atoms with E-state index in [1.807, 2.05) is 24.3 Å². The molecule has 0 atom stereocenters. The van der Waals surface area contributed by atoms with Crippen LogP contribution in [-0.2, 0) is 16.1 Å². The van der Waals surface area contributed by atoms with Gasteiger partial charge in [-0.05, 0) is 11.6 Å². The molecule has 0 unspecified atom stereocenters. The maximum absolute atomic E-state index is 10.8. The zero-order valence-electron chi connectivity index (χ0n) is 8.16. The Balaban J connectivity index is 2.08. The number of nitrogens with one attached hydrogen (secondary N) is 2. The molecule has 0 spiro atoms. The maximum Gasteiger partial charge on any atom is 0.316 e. The monoisotopic (exact) mass is 281 g/mol. The molecule has 1 heterocycles. The van der Waals surface area contributed by atoms with Crippen LogP contribution in [-0.4, -0.2) is 17.8 Å². The highest BCUT2D eigenvalue weighted by Crippen LogP contribution is 2.16. The number of hydrogen-bond donors (Lipinski definition) is 2. The van der Waals surface area contributed by atoms with Crippen molar-refractivity contribution in [3.05, 3.63) is 34.3 Å². The molecule has 82 valence electrons. The molecule has 1 aliphatic rings. The predicted molar refractivity (Wildman–Crippen MR) is 61.6 cm³/mol. The quantitative estimate of drug-likeness (QED) is 0.778. The van der Waals surface area contributed by atoms with Crippen LogP contribution in [0.3, 0.4) is 0 Å². The summed E-state index contributed by atoms with van der Waals surface area (Å²) in [6, 6.07) is 7.61. The van der Waals surface area contributed by atoms with Gasteiger partial charge in [-0.25, -0.2) is 4.99 Å². The summed E-state index contributed by atoms with van der Waals surface area (Å²) >= 11 is 3.39. The van der Waals surface area contributed by atoms with Crippen molar-refractivity contribution in [3.8, 4) is 0 Å². The SMILES string of the molecule is O=C1NC(=NCc2ccccc2Br)NC1=O. The zero-order valence-corrected chi connectivity index (χ0v) is 9.74. The topological polar surface area (TPSA) is 70.6 Å². The van der Waals surface area contributed by atoms with E-state index in [1.165, 1.54) is 0 Å². The molecule has 1 aliphatic heterocycles. The standard InChI is InChI=1S/C10H8BrN3O2/c11-7-4-2-1-3-6(7)5-12-10-13-8(15)9(16)14-10/h1-4H,5H2,(H2,12,13,14,15,16). The van der Waals surface area contributed by atoms with Crippen molar-refractivity contribution in [3.63, 3.8) is 0 Å². The second kappa shape index (κ2) is 4.44. The minimum absolute atomic E-state index is 0.200. The van der Waals surface area contributed by atoms with Crippen LogP contribution in [0.4, 0.5) is 0 Å². The van der Waals surface area contributed by atoms with Crippen molar-refractivity contribution in [2.75, 3.05) is 0 Å². The molecule has 0 aliphatic carbocycles. The first kappa shape index (κ1) is 10.8. The first-order valence-corrected chi connectivity index (χ1v) is 5.36. The van der Waals surface area contributed by atoms with Gasteiger partial charge < -0.3 is 0 Å². The average Bonchev–Trinajstić information content (AvgIpc) is 2.57. The first-order chi connectivity index (χ1) is 7.66. The van der Waals surface area contributed by atoms with Crippen LogP contribution in [0, 0.1) is 0 Å². The molecule has 1 aromatic rings. The molecule has 16 heavy (non-hydrogen) atoms. The Bertz CT molecular complexity index is 467. The van der Waals surface area contributed by atoms with Crippen molar-refractivity contribution in [1.29, 1.82) is 0 Å². The molecule has 5 nitrogen and oxygen atoms in total. The van der Waals surface area contributed by atoms with Crippen molar-refractivity contribution >= 4 is 33.7 Å². The summed E-state index contributed by atoms with van der Waals surface area (Å²) in [5.41, 5.74) is 0.977. The molecule has 0 aromatic heterocycles. The minimum atomic E-state index is -0.675. The van der Waals surface area contributed by atoms with Gasteiger partial charge >= 0.3 is 11.8 Å². The number of hydrogen-bond acceptors (Lipinski definition) is 3. The Morgan fingerprint density at radius 3 is 2.38 bits per heavy atom. The lowest BCUT2D eigenvalue weighted by Gasteiger charge is -2.00. The third kappa shape index (κ3) is 2.27. The third-order valence-electron chi connectivity index (χ3n) is 2.04. The van der Waals surface area contributed by atoms with Gasteiger partial charge in [0.05, 0.1) is 6.54 Å². The molecule has 2 amide bonds. The summed E-state index contributed by atoms with van der Waals surface area (Å²) < 4.78 is 0.940. The van der Waals surface area contributed by atoms with Crippen molar-refractivity contribution < 1.29 is 9.59 Å². The predicted octanol–water partition coefficient (Wildman–Crippen LogP) is 0.551. The number of carbonyl (C=O) groups is 2. The lowest BCUT2D eigenvalue weighted by molar-refractivity contribution is -0.135. The van der Waals surface area contributed by atoms with Crippen LogP contribution in [0.5, 0.6) is 0 Å². The molecule has 2 N–H and O–H groups in total. The summed E-state index contributed by atoms with van der Waals surface area (Å²) in [4.78, 5) is 25.8. The highest BCUT2D eigenvalue weighted by molar-refractivity contribution is 9.10. The number of rotatable bonds is 2. The smallest absolute Gasteiger partial charge is 0.288 e. The number of benzene rings is 1. The van der Waals surface area contributed by atoms with Crippen molar-refractivity contribution in [1.82, 2.24) is 10.6 Å². The zero-order chi connectivity index (χ0) is 11.5. The summed E-state index contributed by atoms with van der Waals surface area (Å²) in [5.74, 6) is -1.15. The number of halogens is 1. The number of nitrogens with zero attached hydrogens (tertiary/aromatic N) is 1. The van der Waals surface area contributed by atoms with Crippen LogP contribution in [0.25, 0.3) is 0 Å². The van der Waals surface area contributed by atoms with Gasteiger partial charge in [-0.2, -0.15) is 0 Å². The van der Waals surface area contributed by atoms with Crippen LogP contribution >= 0.6 is 15.9 Å². The Hall–Kier alpha value is -1.69. The van der Waals surface area contributed by atoms with Gasteiger partial charge in [0.2, 0.25) is 5.96 Å². The molecule has 0 radical (unpaired) electrons. The number of amides is 2. The van der Waals surface area contributed by atoms with Gasteiger partial charge in [0.1, 0.15) is 0 Å². The fourth-order valence-corrected chi connectivity index (χ4v) is 1.64.